The van der Waals surface area contributed by atoms with E-state index in [0.717, 1.165) is 17.0 Å². The molecule has 70 valence electrons. The molecule has 0 aliphatic heterocycles. The van der Waals surface area contributed by atoms with Gasteiger partial charge in [-0.15, -0.1) is 0 Å². The summed E-state index contributed by atoms with van der Waals surface area (Å²) >= 11 is 5.28. The predicted molar refractivity (Wildman–Crippen MR) is 61.2 cm³/mol. The van der Waals surface area contributed by atoms with Crippen LogP contribution in [-0.4, -0.2) is 24.0 Å². The Morgan fingerprint density at radius 2 is 2.08 bits per heavy atom. The van der Waals surface area contributed by atoms with E-state index < -0.39 is 0 Å². The number of rotatable bonds is 2. The van der Waals surface area contributed by atoms with E-state index in [1.165, 1.54) is 5.56 Å². The zero-order valence-corrected chi connectivity index (χ0v) is 9.19. The van der Waals surface area contributed by atoms with Crippen molar-refractivity contribution in [2.75, 3.05) is 14.1 Å². The average Bonchev–Trinajstić information content (AvgIpc) is 2.16. The second kappa shape index (κ2) is 4.38. The van der Waals surface area contributed by atoms with Gasteiger partial charge in [0.05, 0.1) is 0 Å². The fraction of sp³-hybridized carbons (Fsp3) is 0.364. The highest BCUT2D eigenvalue weighted by Gasteiger charge is 2.02. The highest BCUT2D eigenvalue weighted by Crippen LogP contribution is 2.08. The van der Waals surface area contributed by atoms with E-state index >= 15 is 0 Å². The molecule has 1 aromatic carbocycles. The summed E-state index contributed by atoms with van der Waals surface area (Å²) in [6, 6.07) is 8.40. The molecule has 0 radical (unpaired) electrons. The Hall–Kier alpha value is -0.890. The van der Waals surface area contributed by atoms with Gasteiger partial charge in [-0.05, 0) is 18.1 Å². The quantitative estimate of drug-likeness (QED) is 0.664. The largest absolute Gasteiger partial charge is 0.368 e. The lowest BCUT2D eigenvalue weighted by Gasteiger charge is -2.14. The van der Waals surface area contributed by atoms with Crippen LogP contribution in [0.3, 0.4) is 0 Å². The molecule has 0 bridgehead atoms. The smallest absolute Gasteiger partial charge is 0.108 e. The molecule has 0 amide bonds. The van der Waals surface area contributed by atoms with Crippen molar-refractivity contribution in [1.82, 2.24) is 4.90 Å². The summed E-state index contributed by atoms with van der Waals surface area (Å²) in [7, 11) is 3.95. The Labute approximate surface area is 85.4 Å². The van der Waals surface area contributed by atoms with Gasteiger partial charge in [0.15, 0.2) is 0 Å². The second-order valence-corrected chi connectivity index (χ2v) is 3.64. The molecular formula is C11H15NS. The van der Waals surface area contributed by atoms with Crippen LogP contribution < -0.4 is 0 Å². The third-order valence-electron chi connectivity index (χ3n) is 1.99. The molecule has 1 aromatic rings. The zero-order chi connectivity index (χ0) is 9.84. The molecule has 1 nitrogen and oxygen atoms in total. The van der Waals surface area contributed by atoms with E-state index in [1.807, 2.05) is 19.0 Å². The van der Waals surface area contributed by atoms with Crippen molar-refractivity contribution < 1.29 is 0 Å². The van der Waals surface area contributed by atoms with Gasteiger partial charge >= 0.3 is 0 Å². The molecule has 0 atom stereocenters. The maximum Gasteiger partial charge on any atom is 0.108 e. The van der Waals surface area contributed by atoms with Gasteiger partial charge in [-0.2, -0.15) is 0 Å². The summed E-state index contributed by atoms with van der Waals surface area (Å²) in [5.74, 6) is 0. The Bertz CT molecular complexity index is 305. The molecule has 0 spiro atoms. The van der Waals surface area contributed by atoms with Crippen LogP contribution in [0.5, 0.6) is 0 Å². The molecule has 0 saturated carbocycles. The first kappa shape index (κ1) is 10.2. The van der Waals surface area contributed by atoms with Gasteiger partial charge in [-0.3, -0.25) is 0 Å². The van der Waals surface area contributed by atoms with Gasteiger partial charge in [0, 0.05) is 19.7 Å². The van der Waals surface area contributed by atoms with Crippen LogP contribution in [0.1, 0.15) is 18.1 Å². The van der Waals surface area contributed by atoms with Crippen molar-refractivity contribution in [3.8, 4) is 0 Å². The molecule has 0 unspecified atom stereocenters. The molecule has 13 heavy (non-hydrogen) atoms. The molecular weight excluding hydrogens is 178 g/mol. The molecule has 0 fully saturated rings. The number of benzene rings is 1. The second-order valence-electron chi connectivity index (χ2n) is 3.25. The Kier molecular flexibility index (Phi) is 3.43. The highest BCUT2D eigenvalue weighted by molar-refractivity contribution is 7.80. The Morgan fingerprint density at radius 1 is 1.38 bits per heavy atom. The van der Waals surface area contributed by atoms with Crippen LogP contribution in [-0.2, 0) is 6.42 Å². The molecule has 0 aliphatic rings. The van der Waals surface area contributed by atoms with Crippen LogP contribution in [0.15, 0.2) is 24.3 Å². The van der Waals surface area contributed by atoms with Crippen molar-refractivity contribution in [2.24, 2.45) is 0 Å². The molecule has 0 saturated heterocycles. The van der Waals surface area contributed by atoms with E-state index in [0.29, 0.717) is 0 Å². The fourth-order valence-electron chi connectivity index (χ4n) is 1.18. The summed E-state index contributed by atoms with van der Waals surface area (Å²) in [5, 5.41) is 0. The summed E-state index contributed by atoms with van der Waals surface area (Å²) in [6.07, 6.45) is 1.06. The number of aryl methyl sites for hydroxylation is 1. The monoisotopic (exact) mass is 193 g/mol. The normalized spacial score (nSPS) is 9.77. The molecule has 0 heterocycles. The van der Waals surface area contributed by atoms with Crippen molar-refractivity contribution in [1.29, 1.82) is 0 Å². The van der Waals surface area contributed by atoms with E-state index in [2.05, 4.69) is 31.2 Å². The van der Waals surface area contributed by atoms with Crippen LogP contribution in [0, 0.1) is 0 Å². The van der Waals surface area contributed by atoms with Gasteiger partial charge in [0.25, 0.3) is 0 Å². The van der Waals surface area contributed by atoms with E-state index in [-0.39, 0.29) is 0 Å². The van der Waals surface area contributed by atoms with Crippen molar-refractivity contribution in [3.63, 3.8) is 0 Å². The van der Waals surface area contributed by atoms with Gasteiger partial charge in [-0.1, -0.05) is 37.3 Å². The fourth-order valence-corrected chi connectivity index (χ4v) is 1.31. The summed E-state index contributed by atoms with van der Waals surface area (Å²) < 4.78 is 0. The first-order valence-corrected chi connectivity index (χ1v) is 4.86. The van der Waals surface area contributed by atoms with E-state index in [1.54, 1.807) is 0 Å². The lowest BCUT2D eigenvalue weighted by molar-refractivity contribution is 0.636. The molecule has 2 heteroatoms. The third kappa shape index (κ3) is 2.52. The predicted octanol–water partition coefficient (Wildman–Crippen LogP) is 2.49. The molecule has 0 aliphatic carbocycles. The molecule has 0 N–H and O–H groups in total. The van der Waals surface area contributed by atoms with Crippen molar-refractivity contribution in [3.05, 3.63) is 35.4 Å². The standard InChI is InChI=1S/C11H15NS/c1-4-9-6-5-7-10(8-9)11(13)12(2)3/h5-8H,4H2,1-3H3. The number of hydrogen-bond donors (Lipinski definition) is 0. The first-order chi connectivity index (χ1) is 6.15. The van der Waals surface area contributed by atoms with Gasteiger partial charge in [0.1, 0.15) is 4.99 Å². The molecule has 1 rings (SSSR count). The maximum absolute atomic E-state index is 5.28. The summed E-state index contributed by atoms with van der Waals surface area (Å²) in [4.78, 5) is 2.86. The first-order valence-electron chi connectivity index (χ1n) is 4.45. The number of thiocarbonyl (C=S) groups is 1. The maximum atomic E-state index is 5.28. The van der Waals surface area contributed by atoms with Crippen LogP contribution >= 0.6 is 12.2 Å². The SMILES string of the molecule is CCc1cccc(C(=S)N(C)C)c1. The van der Waals surface area contributed by atoms with Crippen molar-refractivity contribution in [2.45, 2.75) is 13.3 Å². The summed E-state index contributed by atoms with van der Waals surface area (Å²) in [5.41, 5.74) is 2.47. The minimum Gasteiger partial charge on any atom is -0.368 e. The molecule has 0 aromatic heterocycles. The minimum atomic E-state index is 0.898. The topological polar surface area (TPSA) is 3.24 Å². The third-order valence-corrected chi connectivity index (χ3v) is 2.59. The lowest BCUT2D eigenvalue weighted by atomic mass is 10.1. The van der Waals surface area contributed by atoms with E-state index in [9.17, 15) is 0 Å². The average molecular weight is 193 g/mol. The number of nitrogens with zero attached hydrogens (tertiary/aromatic N) is 1. The number of hydrogen-bond acceptors (Lipinski definition) is 1. The van der Waals surface area contributed by atoms with Gasteiger partial charge in [-0.25, -0.2) is 0 Å². The highest BCUT2D eigenvalue weighted by atomic mass is 32.1. The minimum absolute atomic E-state index is 0.898. The van der Waals surface area contributed by atoms with Gasteiger partial charge < -0.3 is 4.90 Å². The van der Waals surface area contributed by atoms with Crippen LogP contribution in [0.2, 0.25) is 0 Å². The van der Waals surface area contributed by atoms with Crippen LogP contribution in [0.4, 0.5) is 0 Å². The zero-order valence-electron chi connectivity index (χ0n) is 8.37. The Balaban J connectivity index is 2.95. The van der Waals surface area contributed by atoms with Crippen LogP contribution in [0.25, 0.3) is 0 Å². The lowest BCUT2D eigenvalue weighted by Crippen LogP contribution is -2.20. The summed E-state index contributed by atoms with van der Waals surface area (Å²) in [6.45, 7) is 2.15. The van der Waals surface area contributed by atoms with Gasteiger partial charge in [0.2, 0.25) is 0 Å². The Morgan fingerprint density at radius 3 is 2.62 bits per heavy atom. The van der Waals surface area contributed by atoms with Crippen molar-refractivity contribution >= 4 is 17.2 Å². The van der Waals surface area contributed by atoms with E-state index in [4.69, 9.17) is 12.2 Å².